The third-order valence-corrected chi connectivity index (χ3v) is 5.91. The highest BCUT2D eigenvalue weighted by Crippen LogP contribution is 2.33. The zero-order valence-electron chi connectivity index (χ0n) is 18.5. The molecule has 0 radical (unpaired) electrons. The van der Waals surface area contributed by atoms with Gasteiger partial charge in [-0.2, -0.15) is 10.2 Å². The number of benzene rings is 1. The number of hydrogen-bond acceptors (Lipinski definition) is 5. The van der Waals surface area contributed by atoms with E-state index in [-0.39, 0.29) is 34.7 Å². The quantitative estimate of drug-likeness (QED) is 0.291. The van der Waals surface area contributed by atoms with E-state index >= 15 is 0 Å². The monoisotopic (exact) mass is 540 g/mol. The highest BCUT2D eigenvalue weighted by molar-refractivity contribution is 9.10. The summed E-state index contributed by atoms with van der Waals surface area (Å²) in [5, 5.41) is 11.6. The molecule has 0 fully saturated rings. The van der Waals surface area contributed by atoms with E-state index in [4.69, 9.17) is 4.42 Å². The van der Waals surface area contributed by atoms with Gasteiger partial charge in [-0.1, -0.05) is 28.1 Å². The summed E-state index contributed by atoms with van der Waals surface area (Å²) in [6.45, 7) is 1.95. The van der Waals surface area contributed by atoms with E-state index in [0.717, 1.165) is 10.0 Å². The summed E-state index contributed by atoms with van der Waals surface area (Å²) >= 11 is 3.41. The highest BCUT2D eigenvalue weighted by atomic mass is 79.9. The number of aryl methyl sites for hydroxylation is 1. The first-order valence-electron chi connectivity index (χ1n) is 10.6. The van der Waals surface area contributed by atoms with Crippen LogP contribution in [0.2, 0.25) is 0 Å². The Labute approximate surface area is 206 Å². The minimum absolute atomic E-state index is 0.188. The summed E-state index contributed by atoms with van der Waals surface area (Å²) < 4.78 is 37.1. The molecule has 0 bridgehead atoms. The van der Waals surface area contributed by atoms with Crippen molar-refractivity contribution in [3.8, 4) is 11.5 Å². The molecule has 35 heavy (non-hydrogen) atoms. The van der Waals surface area contributed by atoms with Crippen LogP contribution in [-0.2, 0) is 17.9 Å². The fraction of sp³-hybridized carbons (Fsp3) is 0.167. The number of nitrogens with zero attached hydrogens (tertiary/aromatic N) is 5. The second-order valence-electron chi connectivity index (χ2n) is 7.92. The normalized spacial score (nSPS) is 11.5. The number of amides is 1. The lowest BCUT2D eigenvalue weighted by molar-refractivity contribution is -0.116. The molecule has 178 valence electrons. The number of furan rings is 1. The average molecular weight is 541 g/mol. The van der Waals surface area contributed by atoms with Crippen molar-refractivity contribution in [1.82, 2.24) is 24.5 Å². The van der Waals surface area contributed by atoms with Gasteiger partial charge in [0.05, 0.1) is 35.8 Å². The van der Waals surface area contributed by atoms with Crippen molar-refractivity contribution < 1.29 is 18.0 Å². The molecule has 5 rings (SSSR count). The lowest BCUT2D eigenvalue weighted by Crippen LogP contribution is -2.19. The number of rotatable bonds is 7. The molecule has 4 aromatic heterocycles. The van der Waals surface area contributed by atoms with Crippen molar-refractivity contribution in [1.29, 1.82) is 0 Å². The molecule has 8 nitrogen and oxygen atoms in total. The largest absolute Gasteiger partial charge is 0.463 e. The van der Waals surface area contributed by atoms with Crippen LogP contribution in [0.3, 0.4) is 0 Å². The van der Waals surface area contributed by atoms with Crippen molar-refractivity contribution in [3.63, 3.8) is 0 Å². The van der Waals surface area contributed by atoms with Gasteiger partial charge in [0.1, 0.15) is 12.2 Å². The van der Waals surface area contributed by atoms with Gasteiger partial charge >= 0.3 is 0 Å². The molecule has 0 spiro atoms. The maximum Gasteiger partial charge on any atom is 0.264 e. The van der Waals surface area contributed by atoms with Crippen LogP contribution in [0.1, 0.15) is 23.2 Å². The molecule has 0 aliphatic carbocycles. The number of aromatic nitrogens is 5. The van der Waals surface area contributed by atoms with Gasteiger partial charge in [-0.3, -0.25) is 9.48 Å². The van der Waals surface area contributed by atoms with Crippen molar-refractivity contribution in [2.45, 2.75) is 26.4 Å². The summed E-state index contributed by atoms with van der Waals surface area (Å²) in [6, 6.07) is 12.4. The Balaban J connectivity index is 1.37. The summed E-state index contributed by atoms with van der Waals surface area (Å²) in [4.78, 5) is 17.2. The molecule has 0 unspecified atom stereocenters. The van der Waals surface area contributed by atoms with Gasteiger partial charge in [-0.05, 0) is 42.8 Å². The van der Waals surface area contributed by atoms with Gasteiger partial charge in [0.25, 0.3) is 6.43 Å². The lowest BCUT2D eigenvalue weighted by Gasteiger charge is -2.07. The van der Waals surface area contributed by atoms with Gasteiger partial charge in [-0.15, -0.1) is 0 Å². The first-order chi connectivity index (χ1) is 16.9. The van der Waals surface area contributed by atoms with Crippen LogP contribution < -0.4 is 5.32 Å². The minimum Gasteiger partial charge on any atom is -0.463 e. The number of carbonyl (C=O) groups is 1. The Hall–Kier alpha value is -3.86. The Morgan fingerprint density at radius 2 is 2.03 bits per heavy atom. The summed E-state index contributed by atoms with van der Waals surface area (Å²) in [5.41, 5.74) is 2.16. The number of hydrogen-bond donors (Lipinski definition) is 1. The second kappa shape index (κ2) is 9.41. The molecule has 0 saturated heterocycles. The van der Waals surface area contributed by atoms with E-state index in [1.807, 2.05) is 24.3 Å². The Morgan fingerprint density at radius 3 is 2.74 bits per heavy atom. The highest BCUT2D eigenvalue weighted by Gasteiger charge is 2.22. The maximum absolute atomic E-state index is 13.8. The molecule has 11 heteroatoms. The van der Waals surface area contributed by atoms with Crippen LogP contribution in [0, 0.1) is 6.92 Å². The van der Waals surface area contributed by atoms with Crippen molar-refractivity contribution >= 4 is 38.6 Å². The number of anilines is 1. The molecule has 0 aliphatic rings. The lowest BCUT2D eigenvalue weighted by atomic mass is 10.1. The van der Waals surface area contributed by atoms with E-state index < -0.39 is 6.43 Å². The smallest absolute Gasteiger partial charge is 0.264 e. The van der Waals surface area contributed by atoms with Crippen LogP contribution in [0.25, 0.3) is 22.5 Å². The third-order valence-electron chi connectivity index (χ3n) is 5.38. The molecule has 0 saturated carbocycles. The molecule has 0 atom stereocenters. The Kier molecular flexibility index (Phi) is 6.16. The van der Waals surface area contributed by atoms with E-state index in [1.165, 1.54) is 17.0 Å². The van der Waals surface area contributed by atoms with Crippen molar-refractivity contribution in [2.24, 2.45) is 0 Å². The predicted molar refractivity (Wildman–Crippen MR) is 129 cm³/mol. The van der Waals surface area contributed by atoms with Gasteiger partial charge in [-0.25, -0.2) is 18.4 Å². The molecule has 0 aliphatic heterocycles. The standard InChI is InChI=1S/C24H19BrF2N6O2/c1-14-22-18(23(26)27)9-19(20-3-2-8-35-20)30-24(22)33(31-14)13-21(34)29-17-10-28-32(12-17)11-15-4-6-16(25)7-5-15/h2-10,12,23H,11,13H2,1H3,(H,29,34). The number of carbonyl (C=O) groups excluding carboxylic acids is 1. The molecule has 1 aromatic carbocycles. The number of halogens is 3. The van der Waals surface area contributed by atoms with Crippen LogP contribution >= 0.6 is 15.9 Å². The molecule has 5 aromatic rings. The predicted octanol–water partition coefficient (Wildman–Crippen LogP) is 5.58. The van der Waals surface area contributed by atoms with Crippen LogP contribution in [-0.4, -0.2) is 30.5 Å². The summed E-state index contributed by atoms with van der Waals surface area (Å²) in [6.07, 6.45) is 1.96. The number of alkyl halides is 2. The maximum atomic E-state index is 13.8. The van der Waals surface area contributed by atoms with Gasteiger partial charge in [0.15, 0.2) is 11.4 Å². The molecule has 1 N–H and O–H groups in total. The van der Waals surface area contributed by atoms with E-state index in [9.17, 15) is 13.6 Å². The van der Waals surface area contributed by atoms with Crippen molar-refractivity contribution in [2.75, 3.05) is 5.32 Å². The van der Waals surface area contributed by atoms with Crippen LogP contribution in [0.15, 0.2) is 70.0 Å². The number of nitrogens with one attached hydrogen (secondary N) is 1. The fourth-order valence-corrected chi connectivity index (χ4v) is 4.11. The number of pyridine rings is 1. The first kappa shape index (κ1) is 22.9. The van der Waals surface area contributed by atoms with Gasteiger partial charge in [0, 0.05) is 16.2 Å². The first-order valence-corrected chi connectivity index (χ1v) is 11.4. The van der Waals surface area contributed by atoms with Gasteiger partial charge in [0.2, 0.25) is 5.91 Å². The van der Waals surface area contributed by atoms with Gasteiger partial charge < -0.3 is 9.73 Å². The molecule has 1 amide bonds. The summed E-state index contributed by atoms with van der Waals surface area (Å²) in [5.74, 6) is -0.0387. The Bertz CT molecular complexity index is 1490. The fourth-order valence-electron chi connectivity index (χ4n) is 3.85. The van der Waals surface area contributed by atoms with Crippen LogP contribution in [0.4, 0.5) is 14.5 Å². The third kappa shape index (κ3) is 4.85. The van der Waals surface area contributed by atoms with E-state index in [1.54, 1.807) is 36.1 Å². The van der Waals surface area contributed by atoms with Crippen LogP contribution in [0.5, 0.6) is 0 Å². The molecule has 4 heterocycles. The minimum atomic E-state index is -2.74. The SMILES string of the molecule is Cc1nn(CC(=O)Nc2cnn(Cc3ccc(Br)cc3)c2)c2nc(-c3ccco3)cc(C(F)F)c12. The second-order valence-corrected chi connectivity index (χ2v) is 8.83. The zero-order valence-corrected chi connectivity index (χ0v) is 20.0. The topological polar surface area (TPSA) is 90.8 Å². The Morgan fingerprint density at radius 1 is 1.23 bits per heavy atom. The zero-order chi connectivity index (χ0) is 24.5. The van der Waals surface area contributed by atoms with E-state index in [2.05, 4.69) is 36.4 Å². The molecular formula is C24H19BrF2N6O2. The van der Waals surface area contributed by atoms with Crippen molar-refractivity contribution in [3.05, 3.63) is 82.4 Å². The number of fused-ring (bicyclic) bond motifs is 1. The average Bonchev–Trinajstić information content (AvgIpc) is 3.57. The molecular weight excluding hydrogens is 522 g/mol. The van der Waals surface area contributed by atoms with E-state index in [0.29, 0.717) is 23.7 Å². The summed E-state index contributed by atoms with van der Waals surface area (Å²) in [7, 11) is 0.